The highest BCUT2D eigenvalue weighted by Crippen LogP contribution is 2.28. The summed E-state index contributed by atoms with van der Waals surface area (Å²) in [6.07, 6.45) is 5.81. The number of amides is 1. The lowest BCUT2D eigenvalue weighted by Gasteiger charge is -2.26. The molecular formula is C15H26N2O3. The van der Waals surface area contributed by atoms with Gasteiger partial charge in [0.15, 0.2) is 0 Å². The molecule has 1 N–H and O–H groups in total. The van der Waals surface area contributed by atoms with Gasteiger partial charge in [0.05, 0.1) is 13.2 Å². The van der Waals surface area contributed by atoms with E-state index in [4.69, 9.17) is 9.47 Å². The monoisotopic (exact) mass is 282 g/mol. The van der Waals surface area contributed by atoms with Crippen molar-refractivity contribution >= 4 is 5.91 Å². The molecule has 2 saturated heterocycles. The largest absolute Gasteiger partial charge is 0.381 e. The minimum atomic E-state index is 0.167. The third-order valence-corrected chi connectivity index (χ3v) is 4.49. The first kappa shape index (κ1) is 14.3. The highest BCUT2D eigenvalue weighted by Gasteiger charge is 2.34. The van der Waals surface area contributed by atoms with Crippen molar-refractivity contribution in [3.05, 3.63) is 0 Å². The van der Waals surface area contributed by atoms with E-state index in [1.54, 1.807) is 0 Å². The van der Waals surface area contributed by atoms with E-state index in [-0.39, 0.29) is 12.5 Å². The second-order valence-corrected chi connectivity index (χ2v) is 6.32. The fourth-order valence-electron chi connectivity index (χ4n) is 3.10. The van der Waals surface area contributed by atoms with Crippen LogP contribution in [0, 0.1) is 5.92 Å². The van der Waals surface area contributed by atoms with Crippen molar-refractivity contribution in [3.63, 3.8) is 0 Å². The van der Waals surface area contributed by atoms with Gasteiger partial charge in [-0.2, -0.15) is 0 Å². The van der Waals surface area contributed by atoms with Gasteiger partial charge in [-0.05, 0) is 38.6 Å². The minimum absolute atomic E-state index is 0.167. The molecule has 1 saturated carbocycles. The molecule has 5 heteroatoms. The maximum atomic E-state index is 12.3. The third kappa shape index (κ3) is 3.93. The summed E-state index contributed by atoms with van der Waals surface area (Å²) < 4.78 is 10.9. The van der Waals surface area contributed by atoms with Gasteiger partial charge in [0, 0.05) is 31.2 Å². The van der Waals surface area contributed by atoms with Crippen molar-refractivity contribution in [2.24, 2.45) is 5.92 Å². The Hall–Kier alpha value is -0.650. The summed E-state index contributed by atoms with van der Waals surface area (Å²) in [7, 11) is 0. The minimum Gasteiger partial charge on any atom is -0.381 e. The quantitative estimate of drug-likeness (QED) is 0.750. The Morgan fingerprint density at radius 1 is 1.30 bits per heavy atom. The second-order valence-electron chi connectivity index (χ2n) is 6.32. The molecule has 0 aromatic heterocycles. The molecule has 0 radical (unpaired) electrons. The van der Waals surface area contributed by atoms with Crippen LogP contribution in [0.1, 0.15) is 32.1 Å². The average molecular weight is 282 g/mol. The first-order valence-electron chi connectivity index (χ1n) is 8.01. The normalized spacial score (nSPS) is 29.8. The Bertz CT molecular complexity index is 321. The molecular weight excluding hydrogens is 256 g/mol. The van der Waals surface area contributed by atoms with Crippen LogP contribution in [-0.4, -0.2) is 62.4 Å². The number of nitrogens with one attached hydrogen (secondary N) is 1. The van der Waals surface area contributed by atoms with Crippen molar-refractivity contribution in [2.45, 2.75) is 44.2 Å². The second kappa shape index (κ2) is 6.87. The Morgan fingerprint density at radius 2 is 2.20 bits per heavy atom. The van der Waals surface area contributed by atoms with Gasteiger partial charge in [0.25, 0.3) is 0 Å². The first-order chi connectivity index (χ1) is 9.83. The zero-order chi connectivity index (χ0) is 13.8. The summed E-state index contributed by atoms with van der Waals surface area (Å²) in [5.74, 6) is 0.647. The summed E-state index contributed by atoms with van der Waals surface area (Å²) >= 11 is 0. The van der Waals surface area contributed by atoms with E-state index in [0.29, 0.717) is 24.6 Å². The van der Waals surface area contributed by atoms with Gasteiger partial charge in [0.2, 0.25) is 5.91 Å². The van der Waals surface area contributed by atoms with Gasteiger partial charge in [0.1, 0.15) is 6.61 Å². The van der Waals surface area contributed by atoms with Gasteiger partial charge in [-0.25, -0.2) is 0 Å². The number of carbonyl (C=O) groups is 1. The molecule has 1 aliphatic carbocycles. The Labute approximate surface area is 121 Å². The average Bonchev–Trinajstić information content (AvgIpc) is 2.93. The first-order valence-corrected chi connectivity index (χ1v) is 8.01. The Kier molecular flexibility index (Phi) is 4.91. The highest BCUT2D eigenvalue weighted by atomic mass is 16.5. The smallest absolute Gasteiger partial charge is 0.248 e. The van der Waals surface area contributed by atoms with Crippen molar-refractivity contribution in [3.8, 4) is 0 Å². The molecule has 3 fully saturated rings. The van der Waals surface area contributed by atoms with Crippen molar-refractivity contribution < 1.29 is 14.3 Å². The van der Waals surface area contributed by atoms with E-state index in [9.17, 15) is 4.79 Å². The van der Waals surface area contributed by atoms with Gasteiger partial charge in [-0.1, -0.05) is 0 Å². The SMILES string of the molecule is O=C(COC[C@@H]1CCOC1)N(C[C@H]1CCCN1)C1CC1. The lowest BCUT2D eigenvalue weighted by atomic mass is 10.1. The summed E-state index contributed by atoms with van der Waals surface area (Å²) in [6.45, 7) is 4.47. The van der Waals surface area contributed by atoms with Crippen LogP contribution in [0.5, 0.6) is 0 Å². The summed E-state index contributed by atoms with van der Waals surface area (Å²) in [5, 5.41) is 3.47. The maximum absolute atomic E-state index is 12.3. The molecule has 20 heavy (non-hydrogen) atoms. The topological polar surface area (TPSA) is 50.8 Å². The van der Waals surface area contributed by atoms with Gasteiger partial charge in [-0.3, -0.25) is 4.79 Å². The van der Waals surface area contributed by atoms with E-state index in [2.05, 4.69) is 5.32 Å². The maximum Gasteiger partial charge on any atom is 0.248 e. The van der Waals surface area contributed by atoms with Crippen LogP contribution in [0.15, 0.2) is 0 Å². The van der Waals surface area contributed by atoms with E-state index >= 15 is 0 Å². The van der Waals surface area contributed by atoms with E-state index in [0.717, 1.165) is 45.6 Å². The molecule has 3 aliphatic rings. The molecule has 2 heterocycles. The number of ether oxygens (including phenoxy) is 2. The van der Waals surface area contributed by atoms with Crippen LogP contribution in [-0.2, 0) is 14.3 Å². The number of hydrogen-bond donors (Lipinski definition) is 1. The van der Waals surface area contributed by atoms with Crippen LogP contribution in [0.3, 0.4) is 0 Å². The van der Waals surface area contributed by atoms with Crippen LogP contribution in [0.4, 0.5) is 0 Å². The van der Waals surface area contributed by atoms with Crippen molar-refractivity contribution in [1.82, 2.24) is 10.2 Å². The third-order valence-electron chi connectivity index (χ3n) is 4.49. The van der Waals surface area contributed by atoms with E-state index < -0.39 is 0 Å². The van der Waals surface area contributed by atoms with E-state index in [1.165, 1.54) is 12.8 Å². The predicted octanol–water partition coefficient (Wildman–Crippen LogP) is 0.783. The summed E-state index contributed by atoms with van der Waals surface area (Å²) in [4.78, 5) is 14.4. The van der Waals surface area contributed by atoms with Crippen LogP contribution in [0.2, 0.25) is 0 Å². The lowest BCUT2D eigenvalue weighted by molar-refractivity contribution is -0.137. The molecule has 5 nitrogen and oxygen atoms in total. The zero-order valence-corrected chi connectivity index (χ0v) is 12.2. The van der Waals surface area contributed by atoms with Crippen molar-refractivity contribution in [2.75, 3.05) is 39.5 Å². The van der Waals surface area contributed by atoms with Crippen LogP contribution in [0.25, 0.3) is 0 Å². The number of nitrogens with zero attached hydrogens (tertiary/aromatic N) is 1. The molecule has 0 aromatic carbocycles. The molecule has 2 atom stereocenters. The zero-order valence-electron chi connectivity index (χ0n) is 12.2. The fraction of sp³-hybridized carbons (Fsp3) is 0.933. The lowest BCUT2D eigenvalue weighted by Crippen LogP contribution is -2.44. The van der Waals surface area contributed by atoms with Gasteiger partial charge in [-0.15, -0.1) is 0 Å². The Balaban J connectivity index is 1.40. The number of hydrogen-bond acceptors (Lipinski definition) is 4. The standard InChI is InChI=1S/C15H26N2O3/c18-15(11-20-10-12-5-7-19-9-12)17(14-3-4-14)8-13-2-1-6-16-13/h12-14,16H,1-11H2/t12-,13-/m1/s1. The number of carbonyl (C=O) groups excluding carboxylic acids is 1. The molecule has 1 amide bonds. The van der Waals surface area contributed by atoms with Gasteiger partial charge < -0.3 is 19.7 Å². The Morgan fingerprint density at radius 3 is 2.85 bits per heavy atom. The van der Waals surface area contributed by atoms with Gasteiger partial charge >= 0.3 is 0 Å². The number of rotatable bonds is 7. The molecule has 3 rings (SSSR count). The summed E-state index contributed by atoms with van der Waals surface area (Å²) in [6, 6.07) is 0.964. The summed E-state index contributed by atoms with van der Waals surface area (Å²) in [5.41, 5.74) is 0. The highest BCUT2D eigenvalue weighted by molar-refractivity contribution is 5.78. The molecule has 2 aliphatic heterocycles. The van der Waals surface area contributed by atoms with E-state index in [1.807, 2.05) is 4.90 Å². The van der Waals surface area contributed by atoms with Crippen LogP contribution < -0.4 is 5.32 Å². The van der Waals surface area contributed by atoms with Crippen LogP contribution >= 0.6 is 0 Å². The molecule has 114 valence electrons. The molecule has 0 spiro atoms. The molecule has 0 unspecified atom stereocenters. The predicted molar refractivity (Wildman–Crippen MR) is 75.5 cm³/mol. The molecule has 0 bridgehead atoms. The molecule has 0 aromatic rings. The fourth-order valence-corrected chi connectivity index (χ4v) is 3.10. The van der Waals surface area contributed by atoms with Crippen molar-refractivity contribution in [1.29, 1.82) is 0 Å².